The van der Waals surface area contributed by atoms with Crippen LogP contribution < -0.4 is 10.6 Å². The van der Waals surface area contributed by atoms with Gasteiger partial charge in [0.25, 0.3) is 11.8 Å². The van der Waals surface area contributed by atoms with Crippen LogP contribution in [-0.4, -0.2) is 64.4 Å². The third-order valence-corrected chi connectivity index (χ3v) is 4.66. The molecular formula is C19H20N6O4. The van der Waals surface area contributed by atoms with Crippen LogP contribution in [0.2, 0.25) is 0 Å². The molecule has 0 aromatic carbocycles. The van der Waals surface area contributed by atoms with Crippen LogP contribution in [0.15, 0.2) is 12.3 Å². The number of carbonyl (C=O) groups excluding carboxylic acids is 3. The molecule has 10 nitrogen and oxygen atoms in total. The van der Waals surface area contributed by atoms with E-state index >= 15 is 0 Å². The average molecular weight is 396 g/mol. The molecule has 10 heteroatoms. The summed E-state index contributed by atoms with van der Waals surface area (Å²) in [5.74, 6) is -0.470. The van der Waals surface area contributed by atoms with E-state index in [2.05, 4.69) is 25.6 Å². The number of hydrogen-bond donors (Lipinski definition) is 3. The zero-order valence-electron chi connectivity index (χ0n) is 16.0. The summed E-state index contributed by atoms with van der Waals surface area (Å²) in [6.07, 6.45) is 3.12. The van der Waals surface area contributed by atoms with E-state index in [4.69, 9.17) is 4.74 Å². The van der Waals surface area contributed by atoms with Gasteiger partial charge in [-0.15, -0.1) is 0 Å². The molecule has 2 aromatic rings. The first kappa shape index (κ1) is 18.8. The van der Waals surface area contributed by atoms with Crippen molar-refractivity contribution in [2.45, 2.75) is 13.5 Å². The van der Waals surface area contributed by atoms with E-state index in [0.29, 0.717) is 34.0 Å². The van der Waals surface area contributed by atoms with Crippen LogP contribution in [0.25, 0.3) is 11.6 Å². The van der Waals surface area contributed by atoms with Crippen LogP contribution in [0.1, 0.15) is 33.3 Å². The molecule has 0 fully saturated rings. The zero-order valence-corrected chi connectivity index (χ0v) is 16.0. The van der Waals surface area contributed by atoms with Gasteiger partial charge in [-0.1, -0.05) is 0 Å². The van der Waals surface area contributed by atoms with Crippen molar-refractivity contribution in [2.75, 3.05) is 32.1 Å². The second kappa shape index (κ2) is 7.47. The molecule has 2 aromatic heterocycles. The molecule has 29 heavy (non-hydrogen) atoms. The summed E-state index contributed by atoms with van der Waals surface area (Å²) < 4.78 is 5.35. The second-order valence-electron chi connectivity index (χ2n) is 6.90. The van der Waals surface area contributed by atoms with E-state index < -0.39 is 0 Å². The fourth-order valence-electron chi connectivity index (χ4n) is 3.18. The van der Waals surface area contributed by atoms with Gasteiger partial charge in [0.2, 0.25) is 5.91 Å². The topological polar surface area (TPSA) is 129 Å². The minimum atomic E-state index is -0.330. The molecule has 2 aliphatic rings. The van der Waals surface area contributed by atoms with Crippen molar-refractivity contribution in [2.24, 2.45) is 0 Å². The third kappa shape index (κ3) is 3.74. The Bertz CT molecular complexity index is 1040. The molecule has 4 rings (SSSR count). The van der Waals surface area contributed by atoms with Gasteiger partial charge in [-0.2, -0.15) is 0 Å². The molecule has 0 unspecified atom stereocenters. The highest BCUT2D eigenvalue weighted by Crippen LogP contribution is 2.31. The Labute approximate surface area is 166 Å². The fraction of sp³-hybridized carbons (Fsp3) is 0.316. The summed E-state index contributed by atoms with van der Waals surface area (Å²) >= 11 is 0. The van der Waals surface area contributed by atoms with E-state index in [1.807, 2.05) is 6.92 Å². The van der Waals surface area contributed by atoms with Crippen molar-refractivity contribution >= 4 is 35.1 Å². The maximum atomic E-state index is 12.6. The number of H-pyrrole nitrogens is 1. The summed E-state index contributed by atoms with van der Waals surface area (Å²) in [5, 5.41) is 5.48. The predicted octanol–water partition coefficient (Wildman–Crippen LogP) is 0.324. The highest BCUT2D eigenvalue weighted by molar-refractivity contribution is 6.34. The summed E-state index contributed by atoms with van der Waals surface area (Å²) in [7, 11) is 1.63. The first-order chi connectivity index (χ1) is 13.9. The average Bonchev–Trinajstić information content (AvgIpc) is 3.20. The number of carbonyl (C=O) groups is 3. The SMILES string of the molecule is Cc1cc2c([nH]1)/C=C1\C(=O)Nc3cnc(nc31)CN(C)C(=O)COCCNC2=O. The van der Waals surface area contributed by atoms with Crippen molar-refractivity contribution in [1.82, 2.24) is 25.2 Å². The zero-order chi connectivity index (χ0) is 20.5. The van der Waals surface area contributed by atoms with Crippen molar-refractivity contribution in [3.63, 3.8) is 0 Å². The maximum Gasteiger partial charge on any atom is 0.258 e. The number of hydrogen-bond acceptors (Lipinski definition) is 6. The number of ether oxygens (including phenoxy) is 1. The molecule has 0 spiro atoms. The lowest BCUT2D eigenvalue weighted by Gasteiger charge is -2.17. The Morgan fingerprint density at radius 3 is 2.86 bits per heavy atom. The van der Waals surface area contributed by atoms with Crippen LogP contribution in [0.3, 0.4) is 0 Å². The number of rotatable bonds is 0. The van der Waals surface area contributed by atoms with Gasteiger partial charge in [0.1, 0.15) is 18.1 Å². The predicted molar refractivity (Wildman–Crippen MR) is 104 cm³/mol. The minimum Gasteiger partial charge on any atom is -0.370 e. The van der Waals surface area contributed by atoms with Crippen LogP contribution >= 0.6 is 0 Å². The van der Waals surface area contributed by atoms with E-state index in [9.17, 15) is 14.4 Å². The number of amides is 3. The third-order valence-electron chi connectivity index (χ3n) is 4.66. The van der Waals surface area contributed by atoms with Crippen molar-refractivity contribution in [3.05, 3.63) is 40.7 Å². The number of nitrogens with one attached hydrogen (secondary N) is 3. The molecule has 3 N–H and O–H groups in total. The molecule has 0 saturated carbocycles. The lowest BCUT2D eigenvalue weighted by molar-refractivity contribution is -0.135. The van der Waals surface area contributed by atoms with Crippen molar-refractivity contribution < 1.29 is 19.1 Å². The molecule has 150 valence electrons. The summed E-state index contributed by atoms with van der Waals surface area (Å²) in [5.41, 5.74) is 2.95. The molecule has 3 amide bonds. The number of aromatic amines is 1. The molecule has 0 radical (unpaired) electrons. The number of aryl methyl sites for hydroxylation is 1. The Morgan fingerprint density at radius 2 is 2.03 bits per heavy atom. The minimum absolute atomic E-state index is 0.114. The number of nitrogens with zero attached hydrogens (tertiary/aromatic N) is 3. The monoisotopic (exact) mass is 396 g/mol. The highest BCUT2D eigenvalue weighted by atomic mass is 16.5. The smallest absolute Gasteiger partial charge is 0.258 e. The van der Waals surface area contributed by atoms with E-state index in [-0.39, 0.29) is 44.0 Å². The number of likely N-dealkylation sites (N-methyl/N-ethyl adjacent to an activating group) is 1. The quantitative estimate of drug-likeness (QED) is 0.588. The number of fused-ring (bicyclic) bond motifs is 2. The molecule has 0 aliphatic carbocycles. The fourth-order valence-corrected chi connectivity index (χ4v) is 3.18. The molecule has 2 bridgehead atoms. The van der Waals surface area contributed by atoms with E-state index in [0.717, 1.165) is 5.69 Å². The normalized spacial score (nSPS) is 19.3. The van der Waals surface area contributed by atoms with Crippen LogP contribution in [0.5, 0.6) is 0 Å². The molecule has 2 aliphatic heterocycles. The maximum absolute atomic E-state index is 12.6. The van der Waals surface area contributed by atoms with Gasteiger partial charge in [-0.25, -0.2) is 9.97 Å². The largest absolute Gasteiger partial charge is 0.370 e. The lowest BCUT2D eigenvalue weighted by Crippen LogP contribution is -2.32. The molecule has 0 saturated heterocycles. The second-order valence-corrected chi connectivity index (χ2v) is 6.90. The van der Waals surface area contributed by atoms with Crippen molar-refractivity contribution in [1.29, 1.82) is 0 Å². The van der Waals surface area contributed by atoms with Gasteiger partial charge in [0.05, 0.1) is 41.9 Å². The first-order valence-electron chi connectivity index (χ1n) is 9.11. The Morgan fingerprint density at radius 1 is 1.21 bits per heavy atom. The lowest BCUT2D eigenvalue weighted by atomic mass is 10.1. The first-order valence-corrected chi connectivity index (χ1v) is 9.11. The van der Waals surface area contributed by atoms with Gasteiger partial charge < -0.3 is 25.3 Å². The number of aromatic nitrogens is 3. The molecule has 0 atom stereocenters. The van der Waals surface area contributed by atoms with E-state index in [1.54, 1.807) is 19.2 Å². The van der Waals surface area contributed by atoms with Crippen LogP contribution in [0, 0.1) is 6.92 Å². The van der Waals surface area contributed by atoms with Gasteiger partial charge >= 0.3 is 0 Å². The highest BCUT2D eigenvalue weighted by Gasteiger charge is 2.28. The Hall–Kier alpha value is -3.53. The van der Waals surface area contributed by atoms with Crippen molar-refractivity contribution in [3.8, 4) is 0 Å². The van der Waals surface area contributed by atoms with Gasteiger partial charge in [0, 0.05) is 19.3 Å². The number of anilines is 1. The summed E-state index contributed by atoms with van der Waals surface area (Å²) in [6.45, 7) is 2.35. The van der Waals surface area contributed by atoms with Gasteiger partial charge in [-0.05, 0) is 19.1 Å². The molecular weight excluding hydrogens is 376 g/mol. The Kier molecular flexibility index (Phi) is 4.85. The molecule has 4 heterocycles. The summed E-state index contributed by atoms with van der Waals surface area (Å²) in [6, 6.07) is 1.71. The van der Waals surface area contributed by atoms with E-state index in [1.165, 1.54) is 11.1 Å². The Balaban J connectivity index is 1.79. The van der Waals surface area contributed by atoms with Gasteiger partial charge in [-0.3, -0.25) is 14.4 Å². The van der Waals surface area contributed by atoms with Crippen LogP contribution in [0.4, 0.5) is 5.69 Å². The summed E-state index contributed by atoms with van der Waals surface area (Å²) in [4.78, 5) is 50.5. The van der Waals surface area contributed by atoms with Gasteiger partial charge in [0.15, 0.2) is 0 Å². The standard InChI is InChI=1S/C19H20N6O4/c1-10-5-11-13(22-10)6-12-17-14(23-19(12)28)7-21-15(24-17)8-25(2)16(26)9-29-4-3-20-18(11)27/h5-7,22H,3-4,8-9H2,1-2H3,(H,20,27)(H,23,28)/b12-6-. The van der Waals surface area contributed by atoms with Crippen LogP contribution in [-0.2, 0) is 20.9 Å².